The molecule has 2 aromatic carbocycles. The van der Waals surface area contributed by atoms with Crippen LogP contribution in [0.2, 0.25) is 0 Å². The van der Waals surface area contributed by atoms with Gasteiger partial charge < -0.3 is 9.47 Å². The SMILES string of the molecule is Cc1ccc(-c2cnc(OCCOc3ncc(Br)cn3)nc2NS(=O)(=O)c2ccc(C(C)(C)C)cc2)cc1. The molecular formula is C27H28BrN5O4S. The third-order valence-electron chi connectivity index (χ3n) is 5.53. The molecule has 2 aromatic heterocycles. The first-order chi connectivity index (χ1) is 18.0. The minimum Gasteiger partial charge on any atom is -0.460 e. The number of hydrogen-bond donors (Lipinski definition) is 1. The Bertz CT molecular complexity index is 1490. The highest BCUT2D eigenvalue weighted by Crippen LogP contribution is 2.30. The van der Waals surface area contributed by atoms with Crippen LogP contribution in [0, 0.1) is 6.92 Å². The molecule has 9 nitrogen and oxygen atoms in total. The lowest BCUT2D eigenvalue weighted by Gasteiger charge is -2.19. The summed E-state index contributed by atoms with van der Waals surface area (Å²) in [5.74, 6) is 0.107. The first-order valence-electron chi connectivity index (χ1n) is 11.8. The predicted molar refractivity (Wildman–Crippen MR) is 149 cm³/mol. The van der Waals surface area contributed by atoms with Crippen molar-refractivity contribution in [1.82, 2.24) is 19.9 Å². The number of hydrogen-bond acceptors (Lipinski definition) is 8. The Labute approximate surface area is 230 Å². The number of aromatic nitrogens is 4. The number of rotatable bonds is 9. The van der Waals surface area contributed by atoms with Gasteiger partial charge in [-0.15, -0.1) is 0 Å². The summed E-state index contributed by atoms with van der Waals surface area (Å²) in [4.78, 5) is 16.8. The van der Waals surface area contributed by atoms with Crippen LogP contribution in [0.3, 0.4) is 0 Å². The molecule has 0 unspecified atom stereocenters. The summed E-state index contributed by atoms with van der Waals surface area (Å²) in [6.45, 7) is 8.44. The normalized spacial score (nSPS) is 11.7. The van der Waals surface area contributed by atoms with Crippen molar-refractivity contribution >= 4 is 31.8 Å². The molecule has 1 N–H and O–H groups in total. The Morgan fingerprint density at radius 3 is 2.03 bits per heavy atom. The lowest BCUT2D eigenvalue weighted by molar-refractivity contribution is 0.196. The number of anilines is 1. The second-order valence-electron chi connectivity index (χ2n) is 9.54. The zero-order valence-electron chi connectivity index (χ0n) is 21.5. The molecule has 0 saturated heterocycles. The minimum absolute atomic E-state index is 0.00182. The number of halogens is 1. The zero-order valence-corrected chi connectivity index (χ0v) is 23.9. The maximum Gasteiger partial charge on any atom is 0.318 e. The highest BCUT2D eigenvalue weighted by atomic mass is 79.9. The third-order valence-corrected chi connectivity index (χ3v) is 7.30. The lowest BCUT2D eigenvalue weighted by atomic mass is 9.87. The third kappa shape index (κ3) is 7.05. The molecule has 4 rings (SSSR count). The standard InChI is InChI=1S/C27H28BrN5O4S/c1-18-5-7-19(8-6-18)23-17-31-26(37-14-13-36-25-29-15-21(28)16-30-25)32-24(23)33-38(34,35)22-11-9-20(10-12-22)27(2,3)4/h5-12,15-17H,13-14H2,1-4H3,(H,31,32,33). The van der Waals surface area contributed by atoms with Gasteiger partial charge in [0.15, 0.2) is 5.82 Å². The van der Waals surface area contributed by atoms with Gasteiger partial charge in [-0.05, 0) is 51.5 Å². The van der Waals surface area contributed by atoms with E-state index in [-0.39, 0.29) is 41.4 Å². The van der Waals surface area contributed by atoms with Gasteiger partial charge in [-0.1, -0.05) is 62.7 Å². The van der Waals surface area contributed by atoms with E-state index in [0.717, 1.165) is 21.2 Å². The van der Waals surface area contributed by atoms with E-state index in [1.807, 2.05) is 43.3 Å². The molecule has 0 bridgehead atoms. The number of nitrogens with zero attached hydrogens (tertiary/aromatic N) is 4. The second-order valence-corrected chi connectivity index (χ2v) is 12.1. The Hall–Kier alpha value is -3.57. The molecular weight excluding hydrogens is 570 g/mol. The van der Waals surface area contributed by atoms with Crippen molar-refractivity contribution in [3.05, 3.63) is 82.7 Å². The quantitative estimate of drug-likeness (QED) is 0.249. The fourth-order valence-electron chi connectivity index (χ4n) is 3.42. The van der Waals surface area contributed by atoms with E-state index in [2.05, 4.69) is 61.4 Å². The summed E-state index contributed by atoms with van der Waals surface area (Å²) in [5.41, 5.74) is 3.29. The van der Waals surface area contributed by atoms with Gasteiger partial charge >= 0.3 is 12.0 Å². The van der Waals surface area contributed by atoms with E-state index in [1.54, 1.807) is 24.5 Å². The monoisotopic (exact) mass is 597 g/mol. The van der Waals surface area contributed by atoms with Crippen LogP contribution in [0.5, 0.6) is 12.0 Å². The molecule has 0 aliphatic heterocycles. The van der Waals surface area contributed by atoms with Gasteiger partial charge in [0, 0.05) is 24.2 Å². The van der Waals surface area contributed by atoms with Crippen LogP contribution in [0.4, 0.5) is 5.82 Å². The highest BCUT2D eigenvalue weighted by molar-refractivity contribution is 9.10. The number of ether oxygens (including phenoxy) is 2. The van der Waals surface area contributed by atoms with Gasteiger partial charge in [0.2, 0.25) is 0 Å². The fraction of sp³-hybridized carbons (Fsp3) is 0.259. The van der Waals surface area contributed by atoms with E-state index in [1.165, 1.54) is 6.20 Å². The van der Waals surface area contributed by atoms with Crippen LogP contribution >= 0.6 is 15.9 Å². The van der Waals surface area contributed by atoms with Gasteiger partial charge in [0.1, 0.15) is 13.2 Å². The van der Waals surface area contributed by atoms with Crippen LogP contribution in [0.1, 0.15) is 31.9 Å². The summed E-state index contributed by atoms with van der Waals surface area (Å²) in [5, 5.41) is 0. The second kappa shape index (κ2) is 11.4. The number of aryl methyl sites for hydroxylation is 1. The largest absolute Gasteiger partial charge is 0.460 e. The van der Waals surface area contributed by atoms with Crippen LogP contribution in [0.15, 0.2) is 76.5 Å². The number of benzene rings is 2. The topological polar surface area (TPSA) is 116 Å². The van der Waals surface area contributed by atoms with Gasteiger partial charge in [-0.3, -0.25) is 4.72 Å². The number of sulfonamides is 1. The highest BCUT2D eigenvalue weighted by Gasteiger charge is 2.21. The summed E-state index contributed by atoms with van der Waals surface area (Å²) in [6, 6.07) is 14.7. The van der Waals surface area contributed by atoms with Crippen LogP contribution in [-0.4, -0.2) is 41.6 Å². The van der Waals surface area contributed by atoms with Crippen LogP contribution in [-0.2, 0) is 15.4 Å². The first kappa shape index (κ1) is 27.5. The zero-order chi connectivity index (χ0) is 27.3. The molecule has 0 aliphatic rings. The predicted octanol–water partition coefficient (Wildman–Crippen LogP) is 5.56. The Balaban J connectivity index is 1.56. The molecule has 0 saturated carbocycles. The minimum atomic E-state index is -3.94. The van der Waals surface area contributed by atoms with Crippen molar-refractivity contribution in [1.29, 1.82) is 0 Å². The van der Waals surface area contributed by atoms with Gasteiger partial charge in [-0.25, -0.2) is 23.4 Å². The summed E-state index contributed by atoms with van der Waals surface area (Å²) >= 11 is 3.27. The van der Waals surface area contributed by atoms with Crippen molar-refractivity contribution in [3.63, 3.8) is 0 Å². The molecule has 38 heavy (non-hydrogen) atoms. The summed E-state index contributed by atoms with van der Waals surface area (Å²) in [6.07, 6.45) is 4.68. The van der Waals surface area contributed by atoms with E-state index >= 15 is 0 Å². The first-order valence-corrected chi connectivity index (χ1v) is 14.1. The Kier molecular flexibility index (Phi) is 8.27. The van der Waals surface area contributed by atoms with Crippen molar-refractivity contribution in [2.75, 3.05) is 17.9 Å². The molecule has 4 aromatic rings. The number of nitrogens with one attached hydrogen (secondary N) is 1. The molecule has 0 atom stereocenters. The van der Waals surface area contributed by atoms with Crippen molar-refractivity contribution in [2.45, 2.75) is 38.0 Å². The average molecular weight is 599 g/mol. The van der Waals surface area contributed by atoms with E-state index < -0.39 is 10.0 Å². The smallest absolute Gasteiger partial charge is 0.318 e. The molecule has 198 valence electrons. The maximum absolute atomic E-state index is 13.3. The van der Waals surface area contributed by atoms with Gasteiger partial charge in [0.05, 0.1) is 9.37 Å². The molecule has 0 amide bonds. The Morgan fingerprint density at radius 1 is 0.842 bits per heavy atom. The molecule has 0 aliphatic carbocycles. The lowest BCUT2D eigenvalue weighted by Crippen LogP contribution is -2.17. The molecule has 0 radical (unpaired) electrons. The van der Waals surface area contributed by atoms with Gasteiger partial charge in [-0.2, -0.15) is 4.98 Å². The van der Waals surface area contributed by atoms with Crippen molar-refractivity contribution in [3.8, 4) is 23.1 Å². The van der Waals surface area contributed by atoms with Crippen molar-refractivity contribution in [2.24, 2.45) is 0 Å². The van der Waals surface area contributed by atoms with Crippen LogP contribution < -0.4 is 14.2 Å². The van der Waals surface area contributed by atoms with Gasteiger partial charge in [0.25, 0.3) is 10.0 Å². The Morgan fingerprint density at radius 2 is 1.42 bits per heavy atom. The average Bonchev–Trinajstić information content (AvgIpc) is 2.88. The van der Waals surface area contributed by atoms with E-state index in [9.17, 15) is 8.42 Å². The fourth-order valence-corrected chi connectivity index (χ4v) is 4.65. The van der Waals surface area contributed by atoms with E-state index in [0.29, 0.717) is 5.56 Å². The molecule has 0 spiro atoms. The molecule has 0 fully saturated rings. The summed E-state index contributed by atoms with van der Waals surface area (Å²) in [7, 11) is -3.94. The van der Waals surface area contributed by atoms with E-state index in [4.69, 9.17) is 9.47 Å². The van der Waals surface area contributed by atoms with Crippen LogP contribution in [0.25, 0.3) is 11.1 Å². The maximum atomic E-state index is 13.3. The summed E-state index contributed by atoms with van der Waals surface area (Å²) < 4.78 is 41.0. The molecule has 11 heteroatoms. The molecule has 2 heterocycles. The van der Waals surface area contributed by atoms with Crippen molar-refractivity contribution < 1.29 is 17.9 Å².